The molecule has 1 N–H and O–H groups in total. The van der Waals surface area contributed by atoms with Crippen molar-refractivity contribution in [3.63, 3.8) is 0 Å². The van der Waals surface area contributed by atoms with Crippen LogP contribution in [0.5, 0.6) is 0 Å². The van der Waals surface area contributed by atoms with Crippen molar-refractivity contribution in [3.8, 4) is 0 Å². The van der Waals surface area contributed by atoms with E-state index in [0.29, 0.717) is 0 Å². The van der Waals surface area contributed by atoms with E-state index in [-0.39, 0.29) is 18.4 Å². The number of hydrogen-bond donors (Lipinski definition) is 1. The van der Waals surface area contributed by atoms with E-state index in [1.54, 1.807) is 0 Å². The molecule has 3 nitrogen and oxygen atoms in total. The van der Waals surface area contributed by atoms with Crippen molar-refractivity contribution in [2.24, 2.45) is 0 Å². The Morgan fingerprint density at radius 2 is 1.88 bits per heavy atom. The molecule has 0 radical (unpaired) electrons. The van der Waals surface area contributed by atoms with Crippen LogP contribution in [0.2, 0.25) is 0 Å². The number of rotatable bonds is 2. The van der Waals surface area contributed by atoms with Crippen LogP contribution < -0.4 is 5.32 Å². The van der Waals surface area contributed by atoms with Crippen molar-refractivity contribution < 1.29 is 18.0 Å². The van der Waals surface area contributed by atoms with E-state index in [9.17, 15) is 18.0 Å². The fraction of sp³-hybridized carbons (Fsp3) is 0.889. The summed E-state index contributed by atoms with van der Waals surface area (Å²) in [5.74, 6) is -0.839. The second-order valence-corrected chi connectivity index (χ2v) is 3.78. The molecule has 0 aliphatic carbocycles. The Morgan fingerprint density at radius 3 is 2.31 bits per heavy atom. The van der Waals surface area contributed by atoms with Crippen molar-refractivity contribution in [2.45, 2.75) is 31.5 Å². The highest BCUT2D eigenvalue weighted by Gasteiger charge is 2.34. The maximum atomic E-state index is 12.0. The second kappa shape index (κ2) is 6.30. The molecule has 1 aliphatic heterocycles. The van der Waals surface area contributed by atoms with Gasteiger partial charge in [0, 0.05) is 13.1 Å². The van der Waals surface area contributed by atoms with E-state index < -0.39 is 18.5 Å². The van der Waals surface area contributed by atoms with Crippen molar-refractivity contribution in [2.75, 3.05) is 20.1 Å². The van der Waals surface area contributed by atoms with E-state index >= 15 is 0 Å². The fourth-order valence-corrected chi connectivity index (χ4v) is 1.69. The van der Waals surface area contributed by atoms with Gasteiger partial charge in [-0.2, -0.15) is 13.2 Å². The maximum Gasteiger partial charge on any atom is 0.397 e. The normalized spacial score (nSPS) is 17.8. The Hall–Kier alpha value is -0.490. The van der Waals surface area contributed by atoms with Crippen molar-refractivity contribution in [3.05, 3.63) is 0 Å². The quantitative estimate of drug-likeness (QED) is 0.817. The molecule has 1 saturated heterocycles. The average Bonchev–Trinajstić information content (AvgIpc) is 2.15. The Bertz CT molecular complexity index is 229. The summed E-state index contributed by atoms with van der Waals surface area (Å²) in [4.78, 5) is 12.5. The topological polar surface area (TPSA) is 32.3 Å². The number of nitrogens with zero attached hydrogens (tertiary/aromatic N) is 1. The van der Waals surface area contributed by atoms with Crippen LogP contribution in [0, 0.1) is 0 Å². The summed E-state index contributed by atoms with van der Waals surface area (Å²) in [5, 5.41) is 3.10. The van der Waals surface area contributed by atoms with Crippen LogP contribution in [0.15, 0.2) is 0 Å². The summed E-state index contributed by atoms with van der Waals surface area (Å²) in [6, 6.07) is -0.0545. The van der Waals surface area contributed by atoms with Crippen LogP contribution in [-0.4, -0.2) is 43.2 Å². The highest BCUT2D eigenvalue weighted by molar-refractivity contribution is 5.85. The highest BCUT2D eigenvalue weighted by Crippen LogP contribution is 2.22. The smallest absolute Gasteiger partial charge is 0.342 e. The Morgan fingerprint density at radius 1 is 1.38 bits per heavy atom. The van der Waals surface area contributed by atoms with Crippen LogP contribution in [0.3, 0.4) is 0 Å². The van der Waals surface area contributed by atoms with Gasteiger partial charge in [0.2, 0.25) is 5.91 Å². The van der Waals surface area contributed by atoms with Gasteiger partial charge in [0.05, 0.1) is 0 Å². The molecule has 16 heavy (non-hydrogen) atoms. The van der Waals surface area contributed by atoms with E-state index in [0.717, 1.165) is 25.9 Å². The van der Waals surface area contributed by atoms with Crippen LogP contribution in [0.1, 0.15) is 19.3 Å². The first kappa shape index (κ1) is 15.5. The van der Waals surface area contributed by atoms with Gasteiger partial charge < -0.3 is 10.2 Å². The number of piperidine rings is 1. The van der Waals surface area contributed by atoms with Gasteiger partial charge >= 0.3 is 6.18 Å². The molecule has 0 atom stereocenters. The maximum absolute atomic E-state index is 12.0. The van der Waals surface area contributed by atoms with E-state index in [2.05, 4.69) is 5.32 Å². The molecule has 0 saturated carbocycles. The lowest BCUT2D eigenvalue weighted by Gasteiger charge is -2.31. The summed E-state index contributed by atoms with van der Waals surface area (Å²) in [7, 11) is 1.45. The first-order valence-corrected chi connectivity index (χ1v) is 4.93. The Kier molecular flexibility index (Phi) is 6.10. The van der Waals surface area contributed by atoms with Gasteiger partial charge in [-0.1, -0.05) is 0 Å². The number of nitrogens with one attached hydrogen (secondary N) is 1. The molecule has 0 aromatic carbocycles. The number of hydrogen-bond acceptors (Lipinski definition) is 2. The number of halogens is 4. The minimum absolute atomic E-state index is 0. The summed E-state index contributed by atoms with van der Waals surface area (Å²) in [6.45, 7) is 1.52. The minimum Gasteiger partial charge on any atom is -0.342 e. The number of amides is 1. The third kappa shape index (κ3) is 5.03. The van der Waals surface area contributed by atoms with Crippen LogP contribution >= 0.6 is 12.4 Å². The van der Waals surface area contributed by atoms with Crippen LogP contribution in [0.25, 0.3) is 0 Å². The van der Waals surface area contributed by atoms with Crippen molar-refractivity contribution in [1.82, 2.24) is 10.2 Å². The van der Waals surface area contributed by atoms with Gasteiger partial charge in [-0.15, -0.1) is 12.4 Å². The number of carbonyl (C=O) groups is 1. The summed E-state index contributed by atoms with van der Waals surface area (Å²) >= 11 is 0. The van der Waals surface area contributed by atoms with Gasteiger partial charge in [-0.25, -0.2) is 0 Å². The van der Waals surface area contributed by atoms with Gasteiger partial charge in [-0.3, -0.25) is 4.79 Å². The zero-order chi connectivity index (χ0) is 11.5. The number of carbonyl (C=O) groups excluding carboxylic acids is 1. The minimum atomic E-state index is -4.40. The van der Waals surface area contributed by atoms with Gasteiger partial charge in [0.1, 0.15) is 6.42 Å². The number of alkyl halides is 3. The van der Waals surface area contributed by atoms with Crippen molar-refractivity contribution in [1.29, 1.82) is 0 Å². The molecule has 1 aliphatic rings. The molecule has 1 heterocycles. The summed E-state index contributed by atoms with van der Waals surface area (Å²) in [6.07, 6.45) is -4.31. The standard InChI is InChI=1S/C9H15F3N2O.ClH/c1-14(7-2-4-13-5-3-7)8(15)6-9(10,11)12;/h7,13H,2-6H2,1H3;1H. The molecular weight excluding hydrogens is 245 g/mol. The second-order valence-electron chi connectivity index (χ2n) is 3.78. The third-order valence-corrected chi connectivity index (χ3v) is 2.60. The van der Waals surface area contributed by atoms with E-state index in [1.807, 2.05) is 0 Å². The van der Waals surface area contributed by atoms with Crippen molar-refractivity contribution >= 4 is 18.3 Å². The molecular formula is C9H16ClF3N2O. The van der Waals surface area contributed by atoms with Gasteiger partial charge in [0.15, 0.2) is 0 Å². The third-order valence-electron chi connectivity index (χ3n) is 2.60. The first-order chi connectivity index (χ1) is 6.90. The first-order valence-electron chi connectivity index (χ1n) is 4.93. The lowest BCUT2D eigenvalue weighted by molar-refractivity contribution is -0.162. The van der Waals surface area contributed by atoms with E-state index in [4.69, 9.17) is 0 Å². The van der Waals surface area contributed by atoms with Crippen LogP contribution in [0.4, 0.5) is 13.2 Å². The highest BCUT2D eigenvalue weighted by atomic mass is 35.5. The molecule has 7 heteroatoms. The molecule has 0 aromatic heterocycles. The molecule has 0 spiro atoms. The average molecular weight is 261 g/mol. The molecule has 0 unspecified atom stereocenters. The SMILES string of the molecule is CN(C(=O)CC(F)(F)F)C1CCNCC1.Cl. The molecule has 96 valence electrons. The molecule has 0 aromatic rings. The zero-order valence-corrected chi connectivity index (χ0v) is 9.83. The monoisotopic (exact) mass is 260 g/mol. The summed E-state index contributed by atoms with van der Waals surface area (Å²) < 4.78 is 35.9. The molecule has 1 amide bonds. The predicted molar refractivity (Wildman–Crippen MR) is 56.6 cm³/mol. The largest absolute Gasteiger partial charge is 0.397 e. The van der Waals surface area contributed by atoms with E-state index in [1.165, 1.54) is 11.9 Å². The van der Waals surface area contributed by atoms with Crippen LogP contribution in [-0.2, 0) is 4.79 Å². The molecule has 0 bridgehead atoms. The molecule has 1 fully saturated rings. The molecule has 1 rings (SSSR count). The Labute approximate surface area is 98.8 Å². The Balaban J connectivity index is 0.00000225. The zero-order valence-electron chi connectivity index (χ0n) is 9.01. The summed E-state index contributed by atoms with van der Waals surface area (Å²) in [5.41, 5.74) is 0. The fourth-order valence-electron chi connectivity index (χ4n) is 1.69. The predicted octanol–water partition coefficient (Wildman–Crippen LogP) is 1.57. The van der Waals surface area contributed by atoms with Gasteiger partial charge in [-0.05, 0) is 25.9 Å². The lowest BCUT2D eigenvalue weighted by Crippen LogP contribution is -2.44. The van der Waals surface area contributed by atoms with Gasteiger partial charge in [0.25, 0.3) is 0 Å². The lowest BCUT2D eigenvalue weighted by atomic mass is 10.1.